The fourth-order valence-electron chi connectivity index (χ4n) is 4.27. The number of rotatable bonds is 6. The van der Waals surface area contributed by atoms with Crippen molar-refractivity contribution in [3.05, 3.63) is 53.6 Å². The van der Waals surface area contributed by atoms with Crippen LogP contribution in [0.15, 0.2) is 45.3 Å². The summed E-state index contributed by atoms with van der Waals surface area (Å²) >= 11 is 0. The molecule has 168 valence electrons. The molecule has 2 aliphatic heterocycles. The highest BCUT2D eigenvalue weighted by Gasteiger charge is 2.26. The zero-order valence-electron chi connectivity index (χ0n) is 18.1. The number of furan rings is 1. The molecule has 8 heteroatoms. The van der Waals surface area contributed by atoms with Crippen LogP contribution in [0.3, 0.4) is 0 Å². The van der Waals surface area contributed by atoms with Crippen molar-refractivity contribution in [2.24, 2.45) is 0 Å². The average molecular weight is 437 g/mol. The SMILES string of the molecule is Cc1ccc([C@@H](CNC(=O)c2cc(-c3ccc4c(c3)OCCO4)on2)N2CCCCC2)o1. The molecule has 2 aromatic heterocycles. The van der Waals surface area contributed by atoms with E-state index < -0.39 is 0 Å². The van der Waals surface area contributed by atoms with Gasteiger partial charge in [0, 0.05) is 18.2 Å². The molecule has 0 unspecified atom stereocenters. The van der Waals surface area contributed by atoms with E-state index in [1.807, 2.05) is 37.3 Å². The van der Waals surface area contributed by atoms with Crippen LogP contribution in [0.25, 0.3) is 11.3 Å². The third-order valence-corrected chi connectivity index (χ3v) is 5.95. The van der Waals surface area contributed by atoms with Crippen LogP contribution in [0.1, 0.15) is 47.3 Å². The Morgan fingerprint density at radius 3 is 2.66 bits per heavy atom. The van der Waals surface area contributed by atoms with Crippen molar-refractivity contribution >= 4 is 5.91 Å². The maximum atomic E-state index is 12.8. The predicted octanol–water partition coefficient (Wildman–Crippen LogP) is 3.97. The molecule has 0 saturated carbocycles. The first-order chi connectivity index (χ1) is 15.7. The number of carbonyl (C=O) groups is 1. The van der Waals surface area contributed by atoms with Gasteiger partial charge >= 0.3 is 0 Å². The number of hydrogen-bond acceptors (Lipinski definition) is 7. The lowest BCUT2D eigenvalue weighted by Crippen LogP contribution is -2.40. The molecule has 0 aliphatic carbocycles. The summed E-state index contributed by atoms with van der Waals surface area (Å²) in [4.78, 5) is 15.2. The normalized spacial score (nSPS) is 17.2. The minimum Gasteiger partial charge on any atom is -0.486 e. The van der Waals surface area contributed by atoms with Crippen LogP contribution in [0.2, 0.25) is 0 Å². The van der Waals surface area contributed by atoms with E-state index in [0.29, 0.717) is 37.0 Å². The van der Waals surface area contributed by atoms with E-state index in [-0.39, 0.29) is 17.6 Å². The highest BCUT2D eigenvalue weighted by atomic mass is 16.6. The summed E-state index contributed by atoms with van der Waals surface area (Å²) in [5.41, 5.74) is 1.01. The number of aromatic nitrogens is 1. The Labute approximate surface area is 186 Å². The van der Waals surface area contributed by atoms with Gasteiger partial charge in [-0.15, -0.1) is 0 Å². The number of ether oxygens (including phenoxy) is 2. The van der Waals surface area contributed by atoms with Crippen LogP contribution >= 0.6 is 0 Å². The third-order valence-electron chi connectivity index (χ3n) is 5.95. The molecule has 1 amide bonds. The first-order valence-electron chi connectivity index (χ1n) is 11.1. The summed E-state index contributed by atoms with van der Waals surface area (Å²) in [6, 6.07) is 11.1. The first-order valence-corrected chi connectivity index (χ1v) is 11.1. The Morgan fingerprint density at radius 2 is 1.88 bits per heavy atom. The van der Waals surface area contributed by atoms with Gasteiger partial charge in [-0.2, -0.15) is 0 Å². The van der Waals surface area contributed by atoms with Gasteiger partial charge in [0.05, 0.1) is 6.04 Å². The summed E-state index contributed by atoms with van der Waals surface area (Å²) in [5, 5.41) is 6.99. The molecule has 1 aromatic carbocycles. The minimum absolute atomic E-state index is 0.00267. The van der Waals surface area contributed by atoms with Gasteiger partial charge in [0.1, 0.15) is 24.7 Å². The lowest BCUT2D eigenvalue weighted by molar-refractivity contribution is 0.0905. The number of aryl methyl sites for hydroxylation is 1. The first kappa shape index (κ1) is 20.6. The Morgan fingerprint density at radius 1 is 1.06 bits per heavy atom. The number of carbonyl (C=O) groups excluding carboxylic acids is 1. The van der Waals surface area contributed by atoms with Crippen molar-refractivity contribution in [2.75, 3.05) is 32.8 Å². The van der Waals surface area contributed by atoms with Crippen LogP contribution in [0, 0.1) is 6.92 Å². The van der Waals surface area contributed by atoms with E-state index in [1.54, 1.807) is 6.07 Å². The lowest BCUT2D eigenvalue weighted by atomic mass is 10.1. The van der Waals surface area contributed by atoms with E-state index in [0.717, 1.165) is 43.0 Å². The number of fused-ring (bicyclic) bond motifs is 1. The molecule has 1 saturated heterocycles. The van der Waals surface area contributed by atoms with Gasteiger partial charge < -0.3 is 23.7 Å². The summed E-state index contributed by atoms with van der Waals surface area (Å²) in [6.07, 6.45) is 3.56. The number of nitrogens with zero attached hydrogens (tertiary/aromatic N) is 2. The second-order valence-electron chi connectivity index (χ2n) is 8.21. The molecule has 8 nitrogen and oxygen atoms in total. The molecule has 0 bridgehead atoms. The zero-order valence-corrected chi connectivity index (χ0v) is 18.1. The van der Waals surface area contributed by atoms with Gasteiger partial charge in [-0.1, -0.05) is 11.6 Å². The van der Waals surface area contributed by atoms with Gasteiger partial charge in [0.25, 0.3) is 5.91 Å². The summed E-state index contributed by atoms with van der Waals surface area (Å²) < 4.78 is 22.5. The average Bonchev–Trinajstić information content (AvgIpc) is 3.49. The third kappa shape index (κ3) is 4.36. The van der Waals surface area contributed by atoms with Gasteiger partial charge in [0.15, 0.2) is 23.0 Å². The van der Waals surface area contributed by atoms with E-state index in [1.165, 1.54) is 6.42 Å². The molecule has 1 N–H and O–H groups in total. The number of piperidine rings is 1. The van der Waals surface area contributed by atoms with Gasteiger partial charge in [-0.25, -0.2) is 0 Å². The molecule has 2 aliphatic rings. The smallest absolute Gasteiger partial charge is 0.273 e. The van der Waals surface area contributed by atoms with Gasteiger partial charge in [-0.3, -0.25) is 9.69 Å². The lowest BCUT2D eigenvalue weighted by Gasteiger charge is -2.33. The monoisotopic (exact) mass is 437 g/mol. The largest absolute Gasteiger partial charge is 0.486 e. The Balaban J connectivity index is 1.28. The molecule has 0 radical (unpaired) electrons. The summed E-state index contributed by atoms with van der Waals surface area (Å²) in [5.74, 6) is 3.34. The molecule has 5 rings (SSSR count). The molecular weight excluding hydrogens is 410 g/mol. The Kier molecular flexibility index (Phi) is 5.85. The standard InChI is InChI=1S/C24H27N3O5/c1-16-5-7-20(31-16)19(27-9-3-2-4-10-27)15-25-24(28)18-14-22(32-26-18)17-6-8-21-23(13-17)30-12-11-29-21/h5-8,13-14,19H,2-4,9-12,15H2,1H3,(H,25,28)/t19-/m1/s1. The van der Waals surface area contributed by atoms with Crippen molar-refractivity contribution in [3.8, 4) is 22.8 Å². The van der Waals surface area contributed by atoms with E-state index in [4.69, 9.17) is 18.4 Å². The second kappa shape index (κ2) is 9.08. The summed E-state index contributed by atoms with van der Waals surface area (Å²) in [6.45, 7) is 5.42. The number of hydrogen-bond donors (Lipinski definition) is 1. The molecule has 4 heterocycles. The maximum absolute atomic E-state index is 12.8. The van der Waals surface area contributed by atoms with Crippen molar-refractivity contribution in [3.63, 3.8) is 0 Å². The van der Waals surface area contributed by atoms with Crippen LogP contribution < -0.4 is 14.8 Å². The van der Waals surface area contributed by atoms with Crippen molar-refractivity contribution in [1.82, 2.24) is 15.4 Å². The van der Waals surface area contributed by atoms with Crippen LogP contribution in [-0.4, -0.2) is 48.8 Å². The molecule has 1 atom stereocenters. The topological polar surface area (TPSA) is 90.0 Å². The molecule has 32 heavy (non-hydrogen) atoms. The van der Waals surface area contributed by atoms with E-state index in [2.05, 4.69) is 15.4 Å². The fourth-order valence-corrected chi connectivity index (χ4v) is 4.27. The fraction of sp³-hybridized carbons (Fsp3) is 0.417. The molecule has 1 fully saturated rings. The van der Waals surface area contributed by atoms with Crippen LogP contribution in [0.5, 0.6) is 11.5 Å². The number of benzene rings is 1. The Hall–Kier alpha value is -3.26. The maximum Gasteiger partial charge on any atom is 0.273 e. The summed E-state index contributed by atoms with van der Waals surface area (Å²) in [7, 11) is 0. The number of amides is 1. The number of likely N-dealkylation sites (tertiary alicyclic amines) is 1. The quantitative estimate of drug-likeness (QED) is 0.624. The van der Waals surface area contributed by atoms with Crippen LogP contribution in [-0.2, 0) is 0 Å². The van der Waals surface area contributed by atoms with Crippen LogP contribution in [0.4, 0.5) is 0 Å². The molecule has 3 aromatic rings. The van der Waals surface area contributed by atoms with Gasteiger partial charge in [0.2, 0.25) is 0 Å². The van der Waals surface area contributed by atoms with Crippen molar-refractivity contribution in [2.45, 2.75) is 32.2 Å². The number of nitrogens with one attached hydrogen (secondary N) is 1. The Bertz CT molecular complexity index is 1080. The highest BCUT2D eigenvalue weighted by molar-refractivity contribution is 5.93. The van der Waals surface area contributed by atoms with E-state index in [9.17, 15) is 4.79 Å². The molecule has 0 spiro atoms. The second-order valence-corrected chi connectivity index (χ2v) is 8.21. The van der Waals surface area contributed by atoms with E-state index >= 15 is 0 Å². The van der Waals surface area contributed by atoms with Crippen molar-refractivity contribution < 1.29 is 23.2 Å². The molecular formula is C24H27N3O5. The zero-order chi connectivity index (χ0) is 21.9. The minimum atomic E-state index is -0.275. The van der Waals surface area contributed by atoms with Gasteiger partial charge in [-0.05, 0) is 63.2 Å². The highest BCUT2D eigenvalue weighted by Crippen LogP contribution is 2.34. The predicted molar refractivity (Wildman–Crippen MR) is 117 cm³/mol. The van der Waals surface area contributed by atoms with Crippen molar-refractivity contribution in [1.29, 1.82) is 0 Å².